The van der Waals surface area contributed by atoms with Crippen molar-refractivity contribution in [2.45, 2.75) is 19.0 Å². The van der Waals surface area contributed by atoms with E-state index in [1.54, 1.807) is 4.68 Å². The minimum absolute atomic E-state index is 0.0744. The molecule has 0 atom stereocenters. The zero-order chi connectivity index (χ0) is 14.0. The summed E-state index contributed by atoms with van der Waals surface area (Å²) < 4.78 is 2.56. The van der Waals surface area contributed by atoms with E-state index in [0.717, 1.165) is 33.0 Å². The molecule has 0 bridgehead atoms. The highest BCUT2D eigenvalue weighted by Crippen LogP contribution is 2.26. The highest BCUT2D eigenvalue weighted by atomic mass is 79.9. The second-order valence-corrected chi connectivity index (χ2v) is 5.80. The Kier molecular flexibility index (Phi) is 4.20. The van der Waals surface area contributed by atoms with Gasteiger partial charge in [-0.05, 0) is 47.5 Å². The van der Waals surface area contributed by atoms with Crippen LogP contribution < -0.4 is 0 Å². The van der Waals surface area contributed by atoms with Gasteiger partial charge < -0.3 is 5.11 Å². The van der Waals surface area contributed by atoms with Gasteiger partial charge >= 0.3 is 5.97 Å². The minimum atomic E-state index is -0.899. The standard InChI is InChI=1S/C11H11BrN4O2S/c1-6-3-8(12)4-7(2)10(6)16-11(13-14-15-16)19-5-9(17)18/h3-4H,5H2,1-2H3,(H,17,18). The van der Waals surface area contributed by atoms with Crippen molar-refractivity contribution in [2.75, 3.05) is 5.75 Å². The number of nitrogens with zero attached hydrogens (tertiary/aromatic N) is 4. The Morgan fingerprint density at radius 3 is 2.63 bits per heavy atom. The fourth-order valence-corrected chi connectivity index (χ4v) is 3.06. The lowest BCUT2D eigenvalue weighted by Gasteiger charge is -2.11. The average Bonchev–Trinajstić information content (AvgIpc) is 2.73. The van der Waals surface area contributed by atoms with Crippen LogP contribution in [0.15, 0.2) is 21.8 Å². The summed E-state index contributed by atoms with van der Waals surface area (Å²) in [5, 5.41) is 20.6. The van der Waals surface area contributed by atoms with E-state index >= 15 is 0 Å². The Labute approximate surface area is 122 Å². The molecule has 1 aromatic heterocycles. The van der Waals surface area contributed by atoms with Gasteiger partial charge in [-0.3, -0.25) is 4.79 Å². The molecule has 1 aromatic carbocycles. The normalized spacial score (nSPS) is 10.7. The molecule has 0 unspecified atom stereocenters. The van der Waals surface area contributed by atoms with E-state index in [-0.39, 0.29) is 5.75 Å². The van der Waals surface area contributed by atoms with Crippen molar-refractivity contribution in [2.24, 2.45) is 0 Å². The maximum atomic E-state index is 10.6. The first kappa shape index (κ1) is 14.0. The van der Waals surface area contributed by atoms with Crippen molar-refractivity contribution in [3.8, 4) is 5.69 Å². The van der Waals surface area contributed by atoms with Crippen LogP contribution in [0.1, 0.15) is 11.1 Å². The summed E-state index contributed by atoms with van der Waals surface area (Å²) in [6.07, 6.45) is 0. The van der Waals surface area contributed by atoms with Crippen molar-refractivity contribution in [3.63, 3.8) is 0 Å². The SMILES string of the molecule is Cc1cc(Br)cc(C)c1-n1nnnc1SCC(=O)O. The van der Waals surface area contributed by atoms with Crippen LogP contribution >= 0.6 is 27.7 Å². The molecule has 1 N–H and O–H groups in total. The van der Waals surface area contributed by atoms with Crippen LogP contribution in [0.5, 0.6) is 0 Å². The van der Waals surface area contributed by atoms with Gasteiger partial charge in [-0.2, -0.15) is 4.68 Å². The topological polar surface area (TPSA) is 80.9 Å². The fraction of sp³-hybridized carbons (Fsp3) is 0.273. The molecule has 6 nitrogen and oxygen atoms in total. The summed E-state index contributed by atoms with van der Waals surface area (Å²) in [6, 6.07) is 3.94. The number of benzene rings is 1. The van der Waals surface area contributed by atoms with Gasteiger partial charge in [0.15, 0.2) is 0 Å². The molecular formula is C11H11BrN4O2S. The highest BCUT2D eigenvalue weighted by Gasteiger charge is 2.15. The van der Waals surface area contributed by atoms with Crippen molar-refractivity contribution in [1.82, 2.24) is 20.2 Å². The molecule has 0 spiro atoms. The molecule has 19 heavy (non-hydrogen) atoms. The summed E-state index contributed by atoms with van der Waals surface area (Å²) >= 11 is 4.53. The Hall–Kier alpha value is -1.41. The van der Waals surface area contributed by atoms with E-state index in [1.165, 1.54) is 0 Å². The van der Waals surface area contributed by atoms with Gasteiger partial charge in [0.05, 0.1) is 11.4 Å². The molecule has 2 rings (SSSR count). The van der Waals surface area contributed by atoms with E-state index in [9.17, 15) is 4.79 Å². The molecule has 0 saturated carbocycles. The number of aryl methyl sites for hydroxylation is 2. The van der Waals surface area contributed by atoms with Crippen molar-refractivity contribution in [3.05, 3.63) is 27.7 Å². The van der Waals surface area contributed by atoms with Crippen LogP contribution in [0.4, 0.5) is 0 Å². The number of aliphatic carboxylic acids is 1. The van der Waals surface area contributed by atoms with Crippen LogP contribution in [0.25, 0.3) is 5.69 Å². The van der Waals surface area contributed by atoms with Crippen molar-refractivity contribution in [1.29, 1.82) is 0 Å². The zero-order valence-electron chi connectivity index (χ0n) is 10.3. The summed E-state index contributed by atoms with van der Waals surface area (Å²) in [6.45, 7) is 3.92. The summed E-state index contributed by atoms with van der Waals surface area (Å²) in [5.41, 5.74) is 2.90. The molecular weight excluding hydrogens is 332 g/mol. The van der Waals surface area contributed by atoms with Gasteiger partial charge in [-0.15, -0.1) is 5.10 Å². The zero-order valence-corrected chi connectivity index (χ0v) is 12.7. The number of carboxylic acid groups (broad SMARTS) is 1. The Morgan fingerprint density at radius 1 is 1.42 bits per heavy atom. The first-order chi connectivity index (χ1) is 8.99. The van der Waals surface area contributed by atoms with E-state index < -0.39 is 5.97 Å². The summed E-state index contributed by atoms with van der Waals surface area (Å²) in [7, 11) is 0. The highest BCUT2D eigenvalue weighted by molar-refractivity contribution is 9.10. The molecule has 0 saturated heterocycles. The Bertz CT molecular complexity index is 606. The number of tetrazole rings is 1. The lowest BCUT2D eigenvalue weighted by atomic mass is 10.1. The number of carbonyl (C=O) groups is 1. The number of hydrogen-bond acceptors (Lipinski definition) is 5. The maximum Gasteiger partial charge on any atom is 0.313 e. The van der Waals surface area contributed by atoms with E-state index in [1.807, 2.05) is 26.0 Å². The van der Waals surface area contributed by atoms with Gasteiger partial charge in [0.1, 0.15) is 0 Å². The number of halogens is 1. The number of thioether (sulfide) groups is 1. The number of aromatic nitrogens is 4. The molecule has 100 valence electrons. The molecule has 0 aliphatic rings. The third kappa shape index (κ3) is 3.13. The second-order valence-electron chi connectivity index (χ2n) is 3.94. The van der Waals surface area contributed by atoms with Gasteiger partial charge in [-0.1, -0.05) is 27.7 Å². The quantitative estimate of drug-likeness (QED) is 0.858. The first-order valence-corrected chi connectivity index (χ1v) is 7.17. The summed E-state index contributed by atoms with van der Waals surface area (Å²) in [5.74, 6) is -0.974. The predicted molar refractivity (Wildman–Crippen MR) is 74.7 cm³/mol. The van der Waals surface area contributed by atoms with E-state index in [4.69, 9.17) is 5.11 Å². The van der Waals surface area contributed by atoms with Crippen LogP contribution in [-0.4, -0.2) is 37.0 Å². The number of rotatable bonds is 4. The second kappa shape index (κ2) is 5.70. The van der Waals surface area contributed by atoms with Crippen LogP contribution in [0.2, 0.25) is 0 Å². The van der Waals surface area contributed by atoms with Crippen LogP contribution in [-0.2, 0) is 4.79 Å². The summed E-state index contributed by atoms with van der Waals surface area (Å²) in [4.78, 5) is 10.6. The lowest BCUT2D eigenvalue weighted by molar-refractivity contribution is -0.133. The number of hydrogen-bond donors (Lipinski definition) is 1. The molecule has 0 fully saturated rings. The molecule has 1 heterocycles. The van der Waals surface area contributed by atoms with E-state index in [2.05, 4.69) is 31.5 Å². The minimum Gasteiger partial charge on any atom is -0.481 e. The van der Waals surface area contributed by atoms with Crippen LogP contribution in [0.3, 0.4) is 0 Å². The monoisotopic (exact) mass is 342 g/mol. The average molecular weight is 343 g/mol. The Balaban J connectivity index is 2.43. The Morgan fingerprint density at radius 2 is 2.05 bits per heavy atom. The van der Waals surface area contributed by atoms with Crippen LogP contribution in [0, 0.1) is 13.8 Å². The first-order valence-electron chi connectivity index (χ1n) is 5.39. The molecule has 0 radical (unpaired) electrons. The third-order valence-electron chi connectivity index (χ3n) is 2.43. The smallest absolute Gasteiger partial charge is 0.313 e. The van der Waals surface area contributed by atoms with Crippen molar-refractivity contribution < 1.29 is 9.90 Å². The molecule has 8 heteroatoms. The van der Waals surface area contributed by atoms with Gasteiger partial charge in [0, 0.05) is 4.47 Å². The van der Waals surface area contributed by atoms with Gasteiger partial charge in [-0.25, -0.2) is 0 Å². The molecule has 2 aromatic rings. The van der Waals surface area contributed by atoms with Gasteiger partial charge in [0.25, 0.3) is 0 Å². The third-order valence-corrected chi connectivity index (χ3v) is 3.80. The van der Waals surface area contributed by atoms with Crippen molar-refractivity contribution >= 4 is 33.7 Å². The fourth-order valence-electron chi connectivity index (χ4n) is 1.77. The lowest BCUT2D eigenvalue weighted by Crippen LogP contribution is -2.06. The number of carboxylic acids is 1. The maximum absolute atomic E-state index is 10.6. The predicted octanol–water partition coefficient (Wildman–Crippen LogP) is 2.22. The largest absolute Gasteiger partial charge is 0.481 e. The molecule has 0 amide bonds. The van der Waals surface area contributed by atoms with Gasteiger partial charge in [0.2, 0.25) is 5.16 Å². The van der Waals surface area contributed by atoms with E-state index in [0.29, 0.717) is 5.16 Å². The molecule has 0 aliphatic carbocycles. The molecule has 0 aliphatic heterocycles.